The van der Waals surface area contributed by atoms with Crippen LogP contribution < -0.4 is 15.0 Å². The Hall–Kier alpha value is -1.22. The monoisotopic (exact) mass is 262 g/mol. The molecule has 19 heavy (non-hydrogen) atoms. The summed E-state index contributed by atoms with van der Waals surface area (Å²) in [7, 11) is 3.90. The average Bonchev–Trinajstić information content (AvgIpc) is 2.87. The number of hydrogen-bond donors (Lipinski definition) is 1. The van der Waals surface area contributed by atoms with Gasteiger partial charge < -0.3 is 15.0 Å². The molecule has 1 aromatic carbocycles. The molecule has 1 saturated heterocycles. The molecule has 1 heterocycles. The van der Waals surface area contributed by atoms with Gasteiger partial charge in [0.2, 0.25) is 0 Å². The quantitative estimate of drug-likeness (QED) is 0.853. The zero-order valence-electron chi connectivity index (χ0n) is 12.4. The zero-order valence-corrected chi connectivity index (χ0v) is 12.4. The van der Waals surface area contributed by atoms with E-state index in [-0.39, 0.29) is 0 Å². The normalized spacial score (nSPS) is 22.5. The van der Waals surface area contributed by atoms with Crippen molar-refractivity contribution in [1.29, 1.82) is 0 Å². The van der Waals surface area contributed by atoms with Crippen LogP contribution in [-0.2, 0) is 0 Å². The number of nitrogens with one attached hydrogen (secondary N) is 1. The van der Waals surface area contributed by atoms with Crippen LogP contribution in [0.5, 0.6) is 5.75 Å². The van der Waals surface area contributed by atoms with Gasteiger partial charge in [-0.25, -0.2) is 0 Å². The van der Waals surface area contributed by atoms with Gasteiger partial charge in [-0.2, -0.15) is 0 Å². The smallest absolute Gasteiger partial charge is 0.119 e. The van der Waals surface area contributed by atoms with Crippen LogP contribution >= 0.6 is 0 Å². The van der Waals surface area contributed by atoms with Gasteiger partial charge in [-0.1, -0.05) is 13.3 Å². The van der Waals surface area contributed by atoms with E-state index in [1.54, 1.807) is 7.11 Å². The molecule has 0 bridgehead atoms. The lowest BCUT2D eigenvalue weighted by molar-refractivity contribution is 0.299. The van der Waals surface area contributed by atoms with E-state index in [9.17, 15) is 0 Å². The molecule has 0 saturated carbocycles. The van der Waals surface area contributed by atoms with E-state index < -0.39 is 0 Å². The second kappa shape index (κ2) is 6.29. The number of anilines is 1. The Labute approximate surface area is 116 Å². The third kappa shape index (κ3) is 3.41. The first-order chi connectivity index (χ1) is 9.19. The van der Waals surface area contributed by atoms with E-state index in [2.05, 4.69) is 36.3 Å². The van der Waals surface area contributed by atoms with Gasteiger partial charge in [0.15, 0.2) is 0 Å². The molecule has 2 rings (SSSR count). The first-order valence-corrected chi connectivity index (χ1v) is 7.25. The molecule has 3 heteroatoms. The van der Waals surface area contributed by atoms with E-state index in [0.29, 0.717) is 5.41 Å². The third-order valence-corrected chi connectivity index (χ3v) is 4.20. The van der Waals surface area contributed by atoms with E-state index in [1.807, 2.05) is 12.1 Å². The Morgan fingerprint density at radius 3 is 2.58 bits per heavy atom. The fourth-order valence-corrected chi connectivity index (χ4v) is 3.18. The molecule has 3 nitrogen and oxygen atoms in total. The fourth-order valence-electron chi connectivity index (χ4n) is 3.18. The Morgan fingerprint density at radius 1 is 1.32 bits per heavy atom. The van der Waals surface area contributed by atoms with E-state index >= 15 is 0 Å². The van der Waals surface area contributed by atoms with Crippen LogP contribution in [0.3, 0.4) is 0 Å². The maximum absolute atomic E-state index is 5.21. The van der Waals surface area contributed by atoms with E-state index in [1.165, 1.54) is 24.9 Å². The van der Waals surface area contributed by atoms with Crippen molar-refractivity contribution >= 4 is 5.69 Å². The van der Waals surface area contributed by atoms with Crippen LogP contribution in [-0.4, -0.2) is 33.8 Å². The van der Waals surface area contributed by atoms with Gasteiger partial charge in [0, 0.05) is 31.2 Å². The van der Waals surface area contributed by atoms with Gasteiger partial charge in [-0.05, 0) is 43.7 Å². The second-order valence-electron chi connectivity index (χ2n) is 5.73. The maximum atomic E-state index is 5.21. The summed E-state index contributed by atoms with van der Waals surface area (Å²) in [5.41, 5.74) is 1.71. The number of ether oxygens (including phenoxy) is 1. The summed E-state index contributed by atoms with van der Waals surface area (Å²) in [5.74, 6) is 0.919. The summed E-state index contributed by atoms with van der Waals surface area (Å²) in [6, 6.07) is 8.35. The number of benzene rings is 1. The highest BCUT2D eigenvalue weighted by Crippen LogP contribution is 2.33. The fraction of sp³-hybridized carbons (Fsp3) is 0.625. The Kier molecular flexibility index (Phi) is 4.70. The summed E-state index contributed by atoms with van der Waals surface area (Å²) in [5, 5.41) is 3.53. The Bertz CT molecular complexity index is 382. The molecule has 1 aliphatic heterocycles. The van der Waals surface area contributed by atoms with Gasteiger partial charge in [0.05, 0.1) is 7.11 Å². The van der Waals surface area contributed by atoms with Crippen LogP contribution in [0, 0.1) is 5.41 Å². The topological polar surface area (TPSA) is 24.5 Å². The minimum absolute atomic E-state index is 0.448. The van der Waals surface area contributed by atoms with Gasteiger partial charge >= 0.3 is 0 Å². The maximum Gasteiger partial charge on any atom is 0.119 e. The number of hydrogen-bond acceptors (Lipinski definition) is 3. The average molecular weight is 262 g/mol. The second-order valence-corrected chi connectivity index (χ2v) is 5.73. The minimum Gasteiger partial charge on any atom is -0.497 e. The molecule has 0 radical (unpaired) electrons. The number of nitrogens with zero attached hydrogens (tertiary/aromatic N) is 1. The van der Waals surface area contributed by atoms with Gasteiger partial charge in [-0.15, -0.1) is 0 Å². The lowest BCUT2D eigenvalue weighted by atomic mass is 9.82. The minimum atomic E-state index is 0.448. The first kappa shape index (κ1) is 14.2. The van der Waals surface area contributed by atoms with Crippen molar-refractivity contribution in [2.45, 2.75) is 26.2 Å². The lowest BCUT2D eigenvalue weighted by Gasteiger charge is -2.34. The van der Waals surface area contributed by atoms with Crippen molar-refractivity contribution in [1.82, 2.24) is 5.32 Å². The molecule has 1 atom stereocenters. The van der Waals surface area contributed by atoms with Crippen molar-refractivity contribution in [3.63, 3.8) is 0 Å². The molecule has 0 aromatic heterocycles. The molecule has 1 aromatic rings. The SMILES string of the molecule is CCCC1(CN(C)c2ccc(OC)cc2)CCNC1. The van der Waals surface area contributed by atoms with Crippen LogP contribution in [0.15, 0.2) is 24.3 Å². The number of rotatable bonds is 6. The van der Waals surface area contributed by atoms with E-state index in [4.69, 9.17) is 4.74 Å². The van der Waals surface area contributed by atoms with Crippen LogP contribution in [0.25, 0.3) is 0 Å². The van der Waals surface area contributed by atoms with Gasteiger partial charge in [0.25, 0.3) is 0 Å². The molecule has 0 amide bonds. The highest BCUT2D eigenvalue weighted by molar-refractivity contribution is 5.48. The van der Waals surface area contributed by atoms with Crippen LogP contribution in [0.2, 0.25) is 0 Å². The summed E-state index contributed by atoms with van der Waals surface area (Å²) < 4.78 is 5.21. The van der Waals surface area contributed by atoms with Crippen molar-refractivity contribution < 1.29 is 4.74 Å². The molecule has 106 valence electrons. The van der Waals surface area contributed by atoms with Crippen LogP contribution in [0.1, 0.15) is 26.2 Å². The van der Waals surface area contributed by atoms with Crippen molar-refractivity contribution in [3.8, 4) is 5.75 Å². The number of methoxy groups -OCH3 is 1. The summed E-state index contributed by atoms with van der Waals surface area (Å²) >= 11 is 0. The van der Waals surface area contributed by atoms with Crippen molar-refractivity contribution in [2.24, 2.45) is 5.41 Å². The highest BCUT2D eigenvalue weighted by Gasteiger charge is 2.33. The molecule has 1 aliphatic rings. The first-order valence-electron chi connectivity index (χ1n) is 7.25. The Balaban J connectivity index is 2.03. The molecular formula is C16H26N2O. The molecule has 0 aliphatic carbocycles. The largest absolute Gasteiger partial charge is 0.497 e. The predicted octanol–water partition coefficient (Wildman–Crippen LogP) is 2.91. The van der Waals surface area contributed by atoms with Gasteiger partial charge in [0.1, 0.15) is 5.75 Å². The van der Waals surface area contributed by atoms with Crippen molar-refractivity contribution in [3.05, 3.63) is 24.3 Å². The molecule has 1 N–H and O–H groups in total. The molecular weight excluding hydrogens is 236 g/mol. The summed E-state index contributed by atoms with van der Waals surface area (Å²) in [6.07, 6.45) is 3.86. The summed E-state index contributed by atoms with van der Waals surface area (Å²) in [6.45, 7) is 5.73. The predicted molar refractivity (Wildman–Crippen MR) is 81.1 cm³/mol. The van der Waals surface area contributed by atoms with Crippen LogP contribution in [0.4, 0.5) is 5.69 Å². The highest BCUT2D eigenvalue weighted by atomic mass is 16.5. The summed E-state index contributed by atoms with van der Waals surface area (Å²) in [4.78, 5) is 2.38. The standard InChI is InChI=1S/C16H26N2O/c1-4-9-16(10-11-17-12-16)13-18(2)14-5-7-15(19-3)8-6-14/h5-8,17H,4,9-13H2,1-3H3. The molecule has 0 spiro atoms. The van der Waals surface area contributed by atoms with Crippen molar-refractivity contribution in [2.75, 3.05) is 38.7 Å². The van der Waals surface area contributed by atoms with Gasteiger partial charge in [-0.3, -0.25) is 0 Å². The third-order valence-electron chi connectivity index (χ3n) is 4.20. The Morgan fingerprint density at radius 2 is 2.05 bits per heavy atom. The molecule has 1 unspecified atom stereocenters. The molecule has 1 fully saturated rings. The zero-order chi connectivity index (χ0) is 13.7. The van der Waals surface area contributed by atoms with E-state index in [0.717, 1.165) is 25.4 Å². The lowest BCUT2D eigenvalue weighted by Crippen LogP contribution is -2.37.